The Morgan fingerprint density at radius 3 is 2.68 bits per heavy atom. The van der Waals surface area contributed by atoms with Gasteiger partial charge in [-0.15, -0.1) is 0 Å². The van der Waals surface area contributed by atoms with Crippen LogP contribution in [0.15, 0.2) is 48.7 Å². The molecule has 3 aromatic rings. The van der Waals surface area contributed by atoms with Crippen molar-refractivity contribution in [1.29, 1.82) is 0 Å². The summed E-state index contributed by atoms with van der Waals surface area (Å²) in [6.07, 6.45) is 8.08. The molecule has 1 aliphatic rings. The summed E-state index contributed by atoms with van der Waals surface area (Å²) in [5.74, 6) is 1.73. The Bertz CT molecular complexity index is 1020. The number of benzene rings is 1. The molecule has 0 aliphatic heterocycles. The number of ether oxygens (including phenoxy) is 1. The van der Waals surface area contributed by atoms with Gasteiger partial charge in [-0.2, -0.15) is 5.10 Å². The molecule has 0 spiro atoms. The molecular formula is C25H30N4O2. The number of nitrogens with zero attached hydrogens (tertiary/aromatic N) is 3. The summed E-state index contributed by atoms with van der Waals surface area (Å²) in [5, 5.41) is 7.43. The lowest BCUT2D eigenvalue weighted by molar-refractivity contribution is -0.121. The fourth-order valence-corrected chi connectivity index (χ4v) is 4.03. The molecule has 1 saturated carbocycles. The van der Waals surface area contributed by atoms with Crippen LogP contribution in [0.2, 0.25) is 0 Å². The van der Waals surface area contributed by atoms with E-state index >= 15 is 0 Å². The molecule has 0 atom stereocenters. The number of pyridine rings is 1. The first-order chi connectivity index (χ1) is 15.1. The van der Waals surface area contributed by atoms with Gasteiger partial charge in [-0.25, -0.2) is 9.67 Å². The molecular weight excluding hydrogens is 388 g/mol. The van der Waals surface area contributed by atoms with Crippen LogP contribution in [0.4, 0.5) is 0 Å². The SMILES string of the molecule is Cc1cc(C)n(-c2ccc(CNC(=O)CCc3cccc(OC4CCCC4)c3)cn2)n1. The van der Waals surface area contributed by atoms with Gasteiger partial charge in [0.05, 0.1) is 11.8 Å². The minimum atomic E-state index is 0.0322. The van der Waals surface area contributed by atoms with Gasteiger partial charge >= 0.3 is 0 Å². The van der Waals surface area contributed by atoms with Gasteiger partial charge in [0.1, 0.15) is 5.75 Å². The van der Waals surface area contributed by atoms with Crippen molar-refractivity contribution in [3.05, 3.63) is 71.2 Å². The molecule has 6 nitrogen and oxygen atoms in total. The zero-order valence-electron chi connectivity index (χ0n) is 18.3. The van der Waals surface area contributed by atoms with Gasteiger partial charge in [0, 0.05) is 24.9 Å². The molecule has 2 aromatic heterocycles. The van der Waals surface area contributed by atoms with Crippen LogP contribution in [0, 0.1) is 13.8 Å². The fourth-order valence-electron chi connectivity index (χ4n) is 4.03. The molecule has 0 unspecified atom stereocenters. The highest BCUT2D eigenvalue weighted by atomic mass is 16.5. The zero-order chi connectivity index (χ0) is 21.6. The highest BCUT2D eigenvalue weighted by molar-refractivity contribution is 5.76. The molecule has 1 amide bonds. The number of aromatic nitrogens is 3. The molecule has 1 aromatic carbocycles. The normalized spacial score (nSPS) is 14.0. The fraction of sp³-hybridized carbons (Fsp3) is 0.400. The lowest BCUT2D eigenvalue weighted by atomic mass is 10.1. The number of carbonyl (C=O) groups excluding carboxylic acids is 1. The third kappa shape index (κ3) is 5.72. The number of aryl methyl sites for hydroxylation is 3. The van der Waals surface area contributed by atoms with E-state index in [1.165, 1.54) is 12.8 Å². The Morgan fingerprint density at radius 2 is 1.97 bits per heavy atom. The van der Waals surface area contributed by atoms with E-state index in [2.05, 4.69) is 27.5 Å². The van der Waals surface area contributed by atoms with Gasteiger partial charge in [0.25, 0.3) is 0 Å². The zero-order valence-corrected chi connectivity index (χ0v) is 18.3. The average molecular weight is 419 g/mol. The van der Waals surface area contributed by atoms with Crippen LogP contribution in [-0.4, -0.2) is 26.8 Å². The Balaban J connectivity index is 1.24. The summed E-state index contributed by atoms with van der Waals surface area (Å²) in [5.41, 5.74) is 4.10. The van der Waals surface area contributed by atoms with Crippen LogP contribution in [0.1, 0.15) is 54.6 Å². The number of nitrogens with one attached hydrogen (secondary N) is 1. The molecule has 4 rings (SSSR count). The van der Waals surface area contributed by atoms with E-state index in [1.54, 1.807) is 6.20 Å². The highest BCUT2D eigenvalue weighted by Gasteiger charge is 2.16. The van der Waals surface area contributed by atoms with Gasteiger partial charge in [0.15, 0.2) is 5.82 Å². The second kappa shape index (κ2) is 9.77. The van der Waals surface area contributed by atoms with Crippen molar-refractivity contribution in [2.45, 2.75) is 65.0 Å². The van der Waals surface area contributed by atoms with Gasteiger partial charge in [-0.3, -0.25) is 4.79 Å². The first-order valence-electron chi connectivity index (χ1n) is 11.1. The smallest absolute Gasteiger partial charge is 0.220 e. The molecule has 2 heterocycles. The molecule has 0 radical (unpaired) electrons. The van der Waals surface area contributed by atoms with Crippen molar-refractivity contribution in [2.24, 2.45) is 0 Å². The molecule has 1 aliphatic carbocycles. The van der Waals surface area contributed by atoms with E-state index in [9.17, 15) is 4.79 Å². The van der Waals surface area contributed by atoms with E-state index in [-0.39, 0.29) is 5.91 Å². The number of hydrogen-bond acceptors (Lipinski definition) is 4. The van der Waals surface area contributed by atoms with E-state index in [0.29, 0.717) is 25.5 Å². The van der Waals surface area contributed by atoms with Crippen molar-refractivity contribution in [3.8, 4) is 11.6 Å². The number of rotatable bonds is 8. The van der Waals surface area contributed by atoms with Crippen LogP contribution < -0.4 is 10.1 Å². The van der Waals surface area contributed by atoms with E-state index in [0.717, 1.165) is 46.9 Å². The first kappa shape index (κ1) is 21.1. The quantitative estimate of drug-likeness (QED) is 0.587. The Labute approximate surface area is 183 Å². The Hall–Kier alpha value is -3.15. The summed E-state index contributed by atoms with van der Waals surface area (Å²) in [4.78, 5) is 16.8. The van der Waals surface area contributed by atoms with Gasteiger partial charge in [-0.1, -0.05) is 18.2 Å². The Morgan fingerprint density at radius 1 is 1.13 bits per heavy atom. The summed E-state index contributed by atoms with van der Waals surface area (Å²) >= 11 is 0. The van der Waals surface area contributed by atoms with Gasteiger partial charge < -0.3 is 10.1 Å². The van der Waals surface area contributed by atoms with Crippen molar-refractivity contribution in [2.75, 3.05) is 0 Å². The van der Waals surface area contributed by atoms with Crippen LogP contribution in [-0.2, 0) is 17.8 Å². The predicted molar refractivity (Wildman–Crippen MR) is 120 cm³/mol. The summed E-state index contributed by atoms with van der Waals surface area (Å²) < 4.78 is 7.89. The van der Waals surface area contributed by atoms with Crippen molar-refractivity contribution >= 4 is 5.91 Å². The summed E-state index contributed by atoms with van der Waals surface area (Å²) in [6, 6.07) is 14.0. The Kier molecular flexibility index (Phi) is 6.65. The summed E-state index contributed by atoms with van der Waals surface area (Å²) in [6.45, 7) is 4.44. The maximum absolute atomic E-state index is 12.3. The van der Waals surface area contributed by atoms with Crippen LogP contribution in [0.25, 0.3) is 5.82 Å². The maximum atomic E-state index is 12.3. The second-order valence-corrected chi connectivity index (χ2v) is 8.31. The van der Waals surface area contributed by atoms with Crippen molar-refractivity contribution < 1.29 is 9.53 Å². The van der Waals surface area contributed by atoms with Crippen LogP contribution in [0.3, 0.4) is 0 Å². The van der Waals surface area contributed by atoms with Crippen LogP contribution >= 0.6 is 0 Å². The molecule has 162 valence electrons. The van der Waals surface area contributed by atoms with Crippen molar-refractivity contribution in [1.82, 2.24) is 20.1 Å². The predicted octanol–water partition coefficient (Wildman–Crippen LogP) is 4.45. The maximum Gasteiger partial charge on any atom is 0.220 e. The van der Waals surface area contributed by atoms with Crippen molar-refractivity contribution in [3.63, 3.8) is 0 Å². The lowest BCUT2D eigenvalue weighted by Crippen LogP contribution is -2.23. The second-order valence-electron chi connectivity index (χ2n) is 8.31. The molecule has 0 saturated heterocycles. The minimum absolute atomic E-state index is 0.0322. The molecule has 6 heteroatoms. The number of hydrogen-bond donors (Lipinski definition) is 1. The third-order valence-electron chi connectivity index (χ3n) is 5.67. The monoisotopic (exact) mass is 418 g/mol. The molecule has 0 bridgehead atoms. The number of amides is 1. The van der Waals surface area contributed by atoms with E-state index in [4.69, 9.17) is 4.74 Å². The highest BCUT2D eigenvalue weighted by Crippen LogP contribution is 2.24. The largest absolute Gasteiger partial charge is 0.490 e. The third-order valence-corrected chi connectivity index (χ3v) is 5.67. The van der Waals surface area contributed by atoms with E-state index < -0.39 is 0 Å². The lowest BCUT2D eigenvalue weighted by Gasteiger charge is -2.14. The molecule has 1 fully saturated rings. The van der Waals surface area contributed by atoms with Crippen LogP contribution in [0.5, 0.6) is 5.75 Å². The molecule has 1 N–H and O–H groups in total. The summed E-state index contributed by atoms with van der Waals surface area (Å²) in [7, 11) is 0. The van der Waals surface area contributed by atoms with Gasteiger partial charge in [0.2, 0.25) is 5.91 Å². The topological polar surface area (TPSA) is 69.0 Å². The van der Waals surface area contributed by atoms with Gasteiger partial charge in [-0.05, 0) is 81.3 Å². The number of carbonyl (C=O) groups is 1. The minimum Gasteiger partial charge on any atom is -0.490 e. The molecule has 31 heavy (non-hydrogen) atoms. The first-order valence-corrected chi connectivity index (χ1v) is 11.1. The standard InChI is InChI=1S/C25H30N4O2/c1-18-14-19(2)29(28-18)24-12-10-21(16-26-24)17-27-25(30)13-11-20-6-5-9-23(15-20)31-22-7-3-4-8-22/h5-6,9-10,12,14-16,22H,3-4,7-8,11,13,17H2,1-2H3,(H,27,30). The van der Waals surface area contributed by atoms with E-state index in [1.807, 2.05) is 48.9 Å². The average Bonchev–Trinajstić information content (AvgIpc) is 3.40.